The summed E-state index contributed by atoms with van der Waals surface area (Å²) in [6, 6.07) is 0. The Balaban J connectivity index is 1.59. The third-order valence-corrected chi connectivity index (χ3v) is 2.08. The Morgan fingerprint density at radius 3 is 2.46 bits per heavy atom. The first-order valence-corrected chi connectivity index (χ1v) is 4.67. The van der Waals surface area contributed by atoms with Crippen LogP contribution >= 0.6 is 0 Å². The van der Waals surface area contributed by atoms with Crippen molar-refractivity contribution in [3.8, 4) is 0 Å². The summed E-state index contributed by atoms with van der Waals surface area (Å²) in [5.74, 6) is -0.440. The van der Waals surface area contributed by atoms with Gasteiger partial charge in [0.1, 0.15) is 12.2 Å². The van der Waals surface area contributed by atoms with E-state index in [0.717, 1.165) is 6.61 Å². The molecule has 0 amide bonds. The Morgan fingerprint density at radius 2 is 1.92 bits per heavy atom. The van der Waals surface area contributed by atoms with Crippen LogP contribution in [-0.2, 0) is 18.9 Å². The quantitative estimate of drug-likeness (QED) is 0.604. The van der Waals surface area contributed by atoms with Crippen LogP contribution in [0.25, 0.3) is 0 Å². The normalized spacial score (nSPS) is 36.5. The molecular formula is C9H16O4. The van der Waals surface area contributed by atoms with E-state index in [1.54, 1.807) is 0 Å². The van der Waals surface area contributed by atoms with Crippen molar-refractivity contribution in [2.45, 2.75) is 31.8 Å². The highest BCUT2D eigenvalue weighted by molar-refractivity contribution is 4.72. The Bertz CT molecular complexity index is 176. The van der Waals surface area contributed by atoms with Gasteiger partial charge < -0.3 is 18.9 Å². The van der Waals surface area contributed by atoms with Gasteiger partial charge in [0.15, 0.2) is 5.79 Å². The van der Waals surface area contributed by atoms with E-state index in [0.29, 0.717) is 25.9 Å². The van der Waals surface area contributed by atoms with E-state index in [4.69, 9.17) is 18.9 Å². The molecule has 0 spiro atoms. The fraction of sp³-hybridized carbons (Fsp3) is 1.00. The van der Waals surface area contributed by atoms with Gasteiger partial charge in [0.05, 0.1) is 26.4 Å². The summed E-state index contributed by atoms with van der Waals surface area (Å²) in [5.41, 5.74) is 0. The summed E-state index contributed by atoms with van der Waals surface area (Å²) in [4.78, 5) is 0. The van der Waals surface area contributed by atoms with Crippen LogP contribution in [0.5, 0.6) is 0 Å². The summed E-state index contributed by atoms with van der Waals surface area (Å²) in [6.45, 7) is 6.57. The van der Waals surface area contributed by atoms with Gasteiger partial charge >= 0.3 is 0 Å². The number of epoxide rings is 1. The summed E-state index contributed by atoms with van der Waals surface area (Å²) in [7, 11) is 0. The molecule has 0 radical (unpaired) electrons. The van der Waals surface area contributed by atoms with E-state index in [9.17, 15) is 0 Å². The van der Waals surface area contributed by atoms with E-state index in [1.807, 2.05) is 13.8 Å². The second-order valence-electron chi connectivity index (χ2n) is 3.94. The van der Waals surface area contributed by atoms with Crippen LogP contribution in [-0.4, -0.2) is 44.4 Å². The van der Waals surface area contributed by atoms with Crippen molar-refractivity contribution >= 4 is 0 Å². The van der Waals surface area contributed by atoms with E-state index in [2.05, 4.69) is 0 Å². The van der Waals surface area contributed by atoms with Gasteiger partial charge in [-0.25, -0.2) is 0 Å². The van der Waals surface area contributed by atoms with Crippen LogP contribution in [0.15, 0.2) is 0 Å². The molecule has 0 aromatic carbocycles. The third-order valence-electron chi connectivity index (χ3n) is 2.08. The first kappa shape index (κ1) is 9.40. The molecule has 0 bridgehead atoms. The molecule has 2 rings (SSSR count). The standard InChI is InChI=1S/C9H16O4/c1-9(2)12-6-8(13-9)4-10-3-7-5-11-7/h7-8H,3-6H2,1-2H3/t7-,8+/m0/s1. The van der Waals surface area contributed by atoms with Crippen molar-refractivity contribution in [2.75, 3.05) is 26.4 Å². The average Bonchev–Trinajstić information content (AvgIpc) is 2.78. The topological polar surface area (TPSA) is 40.2 Å². The SMILES string of the molecule is CC1(C)OC[C@@H](COC[C@H]2CO2)O1. The van der Waals surface area contributed by atoms with Gasteiger partial charge in [-0.05, 0) is 13.8 Å². The smallest absolute Gasteiger partial charge is 0.163 e. The fourth-order valence-electron chi connectivity index (χ4n) is 1.34. The van der Waals surface area contributed by atoms with Crippen LogP contribution in [0.2, 0.25) is 0 Å². The largest absolute Gasteiger partial charge is 0.376 e. The molecule has 76 valence electrons. The van der Waals surface area contributed by atoms with Crippen molar-refractivity contribution in [1.82, 2.24) is 0 Å². The number of rotatable bonds is 4. The maximum Gasteiger partial charge on any atom is 0.163 e. The lowest BCUT2D eigenvalue weighted by molar-refractivity contribution is -0.145. The van der Waals surface area contributed by atoms with Gasteiger partial charge in [-0.1, -0.05) is 0 Å². The van der Waals surface area contributed by atoms with Gasteiger partial charge in [0.25, 0.3) is 0 Å². The van der Waals surface area contributed by atoms with Crippen LogP contribution in [0.4, 0.5) is 0 Å². The molecule has 2 atom stereocenters. The average molecular weight is 188 g/mol. The number of hydrogen-bond acceptors (Lipinski definition) is 4. The van der Waals surface area contributed by atoms with Crippen LogP contribution in [0.1, 0.15) is 13.8 Å². The highest BCUT2D eigenvalue weighted by Gasteiger charge is 2.33. The molecule has 0 unspecified atom stereocenters. The Labute approximate surface area is 78.1 Å². The molecule has 0 saturated carbocycles. The molecule has 0 N–H and O–H groups in total. The lowest BCUT2D eigenvalue weighted by atomic mass is 10.4. The maximum atomic E-state index is 5.56. The predicted octanol–water partition coefficient (Wildman–Crippen LogP) is 0.553. The lowest BCUT2D eigenvalue weighted by Crippen LogP contribution is -2.24. The van der Waals surface area contributed by atoms with Crippen molar-refractivity contribution < 1.29 is 18.9 Å². The Kier molecular flexibility index (Phi) is 2.55. The van der Waals surface area contributed by atoms with Crippen molar-refractivity contribution in [3.05, 3.63) is 0 Å². The zero-order valence-corrected chi connectivity index (χ0v) is 8.12. The molecule has 13 heavy (non-hydrogen) atoms. The first-order chi connectivity index (χ1) is 6.16. The molecule has 2 fully saturated rings. The summed E-state index contributed by atoms with van der Waals surface area (Å²) < 4.78 is 21.4. The third kappa shape index (κ3) is 2.91. The minimum absolute atomic E-state index is 0.0775. The number of hydrogen-bond donors (Lipinski definition) is 0. The highest BCUT2D eigenvalue weighted by Crippen LogP contribution is 2.22. The molecule has 2 heterocycles. The molecule has 2 aliphatic heterocycles. The van der Waals surface area contributed by atoms with Gasteiger partial charge in [-0.2, -0.15) is 0 Å². The zero-order valence-electron chi connectivity index (χ0n) is 8.12. The van der Waals surface area contributed by atoms with Gasteiger partial charge in [-0.3, -0.25) is 0 Å². The van der Waals surface area contributed by atoms with E-state index < -0.39 is 5.79 Å². The molecule has 4 heteroatoms. The van der Waals surface area contributed by atoms with Gasteiger partial charge in [-0.15, -0.1) is 0 Å². The van der Waals surface area contributed by atoms with Crippen molar-refractivity contribution in [3.63, 3.8) is 0 Å². The monoisotopic (exact) mass is 188 g/mol. The molecule has 0 aromatic rings. The minimum atomic E-state index is -0.440. The fourth-order valence-corrected chi connectivity index (χ4v) is 1.34. The second-order valence-corrected chi connectivity index (χ2v) is 3.94. The molecule has 4 nitrogen and oxygen atoms in total. The molecule has 2 aliphatic rings. The Hall–Kier alpha value is -0.160. The lowest BCUT2D eigenvalue weighted by Gasteiger charge is -2.16. The van der Waals surface area contributed by atoms with Crippen molar-refractivity contribution in [2.24, 2.45) is 0 Å². The molecular weight excluding hydrogens is 172 g/mol. The van der Waals surface area contributed by atoms with Crippen LogP contribution in [0.3, 0.4) is 0 Å². The van der Waals surface area contributed by atoms with Crippen LogP contribution < -0.4 is 0 Å². The summed E-state index contributed by atoms with van der Waals surface area (Å²) >= 11 is 0. The Morgan fingerprint density at radius 1 is 1.23 bits per heavy atom. The maximum absolute atomic E-state index is 5.56. The first-order valence-electron chi connectivity index (χ1n) is 4.67. The summed E-state index contributed by atoms with van der Waals surface area (Å²) in [6.07, 6.45) is 0.407. The highest BCUT2D eigenvalue weighted by atomic mass is 16.7. The van der Waals surface area contributed by atoms with Crippen molar-refractivity contribution in [1.29, 1.82) is 0 Å². The van der Waals surface area contributed by atoms with E-state index in [-0.39, 0.29) is 6.10 Å². The van der Waals surface area contributed by atoms with Gasteiger partial charge in [0.2, 0.25) is 0 Å². The van der Waals surface area contributed by atoms with Crippen LogP contribution in [0, 0.1) is 0 Å². The predicted molar refractivity (Wildman–Crippen MR) is 45.5 cm³/mol. The zero-order chi connectivity index (χ0) is 9.31. The molecule has 0 aliphatic carbocycles. The summed E-state index contributed by atoms with van der Waals surface area (Å²) in [5, 5.41) is 0. The molecule has 2 saturated heterocycles. The second kappa shape index (κ2) is 3.53. The number of ether oxygens (including phenoxy) is 4. The molecule has 0 aromatic heterocycles. The van der Waals surface area contributed by atoms with E-state index >= 15 is 0 Å². The minimum Gasteiger partial charge on any atom is -0.376 e. The van der Waals surface area contributed by atoms with E-state index in [1.165, 1.54) is 0 Å². The van der Waals surface area contributed by atoms with Gasteiger partial charge in [0, 0.05) is 0 Å².